The van der Waals surface area contributed by atoms with E-state index in [0.29, 0.717) is 12.5 Å². The Morgan fingerprint density at radius 3 is 2.86 bits per heavy atom. The molecule has 0 amide bonds. The van der Waals surface area contributed by atoms with E-state index >= 15 is 0 Å². The molecule has 0 aromatic rings. The molecule has 4 heteroatoms. The second-order valence-electron chi connectivity index (χ2n) is 4.02. The summed E-state index contributed by atoms with van der Waals surface area (Å²) in [4.78, 5) is 0. The van der Waals surface area contributed by atoms with Crippen molar-refractivity contribution in [2.24, 2.45) is 0 Å². The Hall–Kier alpha value is 0.940. The van der Waals surface area contributed by atoms with Crippen molar-refractivity contribution in [1.29, 1.82) is 0 Å². The topological polar surface area (TPSA) is 18.5 Å². The Labute approximate surface area is 105 Å². The highest BCUT2D eigenvalue weighted by Crippen LogP contribution is 2.19. The predicted octanol–water partition coefficient (Wildman–Crippen LogP) is 3.00. The van der Waals surface area contributed by atoms with Crippen LogP contribution < -0.4 is 0 Å². The van der Waals surface area contributed by atoms with Crippen LogP contribution in [0.1, 0.15) is 26.2 Å². The van der Waals surface area contributed by atoms with Crippen molar-refractivity contribution in [3.05, 3.63) is 0 Å². The fraction of sp³-hybridized carbons (Fsp3) is 1.00. The summed E-state index contributed by atoms with van der Waals surface area (Å²) < 4.78 is 12.3. The standard InChI is InChI=1S/C10H18ClIO2/c1-10(7-11,8-12)14-6-9-4-2-3-5-13-9/h9H,2-8H2,1H3. The van der Waals surface area contributed by atoms with Crippen molar-refractivity contribution in [2.75, 3.05) is 23.5 Å². The van der Waals surface area contributed by atoms with Crippen LogP contribution in [-0.2, 0) is 9.47 Å². The van der Waals surface area contributed by atoms with Gasteiger partial charge < -0.3 is 9.47 Å². The normalized spacial score (nSPS) is 27.2. The monoisotopic (exact) mass is 332 g/mol. The van der Waals surface area contributed by atoms with Crippen LogP contribution in [0.2, 0.25) is 0 Å². The molecule has 0 aromatic carbocycles. The van der Waals surface area contributed by atoms with Crippen molar-refractivity contribution < 1.29 is 9.47 Å². The highest BCUT2D eigenvalue weighted by molar-refractivity contribution is 14.1. The molecule has 0 N–H and O–H groups in total. The van der Waals surface area contributed by atoms with E-state index in [1.807, 2.05) is 0 Å². The Morgan fingerprint density at radius 1 is 1.57 bits per heavy atom. The highest BCUT2D eigenvalue weighted by atomic mass is 127. The second-order valence-corrected chi connectivity index (χ2v) is 5.05. The summed E-state index contributed by atoms with van der Waals surface area (Å²) in [5.41, 5.74) is -0.192. The molecule has 1 saturated heterocycles. The molecule has 1 heterocycles. The third-order valence-electron chi connectivity index (χ3n) is 2.46. The van der Waals surface area contributed by atoms with Gasteiger partial charge in [-0.1, -0.05) is 22.6 Å². The third-order valence-corrected chi connectivity index (χ3v) is 4.64. The Morgan fingerprint density at radius 2 is 2.36 bits per heavy atom. The molecule has 1 rings (SSSR count). The quantitative estimate of drug-likeness (QED) is 0.569. The molecular weight excluding hydrogens is 314 g/mol. The van der Waals surface area contributed by atoms with Gasteiger partial charge in [0, 0.05) is 11.0 Å². The molecule has 0 bridgehead atoms. The molecule has 2 atom stereocenters. The van der Waals surface area contributed by atoms with Gasteiger partial charge in [0.15, 0.2) is 0 Å². The highest BCUT2D eigenvalue weighted by Gasteiger charge is 2.25. The Kier molecular flexibility index (Phi) is 6.05. The van der Waals surface area contributed by atoms with E-state index in [4.69, 9.17) is 21.1 Å². The van der Waals surface area contributed by atoms with E-state index < -0.39 is 0 Å². The van der Waals surface area contributed by atoms with Crippen LogP contribution >= 0.6 is 34.2 Å². The summed E-state index contributed by atoms with van der Waals surface area (Å²) in [6.07, 6.45) is 3.86. The molecule has 0 radical (unpaired) electrons. The van der Waals surface area contributed by atoms with Gasteiger partial charge >= 0.3 is 0 Å². The average Bonchev–Trinajstić information content (AvgIpc) is 2.27. The van der Waals surface area contributed by atoms with Crippen molar-refractivity contribution in [3.63, 3.8) is 0 Å². The zero-order chi connectivity index (χ0) is 10.4. The van der Waals surface area contributed by atoms with Crippen molar-refractivity contribution in [3.8, 4) is 0 Å². The zero-order valence-electron chi connectivity index (χ0n) is 8.60. The molecule has 2 nitrogen and oxygen atoms in total. The SMILES string of the molecule is CC(CCl)(CI)OCC1CCCCO1. The average molecular weight is 333 g/mol. The van der Waals surface area contributed by atoms with Crippen LogP contribution in [0.25, 0.3) is 0 Å². The second kappa shape index (κ2) is 6.51. The van der Waals surface area contributed by atoms with Gasteiger partial charge in [0.2, 0.25) is 0 Å². The zero-order valence-corrected chi connectivity index (χ0v) is 11.5. The lowest BCUT2D eigenvalue weighted by atomic mass is 10.1. The van der Waals surface area contributed by atoms with Crippen LogP contribution in [0.4, 0.5) is 0 Å². The molecule has 1 aliphatic rings. The van der Waals surface area contributed by atoms with E-state index in [1.54, 1.807) is 0 Å². The maximum atomic E-state index is 5.86. The van der Waals surface area contributed by atoms with Gasteiger partial charge in [-0.05, 0) is 26.2 Å². The van der Waals surface area contributed by atoms with Crippen molar-refractivity contribution >= 4 is 34.2 Å². The van der Waals surface area contributed by atoms with Crippen LogP contribution in [0.5, 0.6) is 0 Å². The van der Waals surface area contributed by atoms with E-state index in [1.165, 1.54) is 12.8 Å². The van der Waals surface area contributed by atoms with E-state index in [0.717, 1.165) is 17.5 Å². The van der Waals surface area contributed by atoms with Crippen LogP contribution in [0.15, 0.2) is 0 Å². The summed E-state index contributed by atoms with van der Waals surface area (Å²) in [6.45, 7) is 3.62. The molecule has 0 spiro atoms. The first-order valence-corrected chi connectivity index (χ1v) is 7.14. The first kappa shape index (κ1) is 13.0. The van der Waals surface area contributed by atoms with Gasteiger partial charge in [-0.3, -0.25) is 0 Å². The minimum Gasteiger partial charge on any atom is -0.376 e. The Balaban J connectivity index is 2.23. The summed E-state index contributed by atoms with van der Waals surface area (Å²) in [6, 6.07) is 0. The maximum Gasteiger partial charge on any atom is 0.0879 e. The molecule has 1 aliphatic heterocycles. The van der Waals surface area contributed by atoms with Crippen molar-refractivity contribution in [2.45, 2.75) is 37.9 Å². The fourth-order valence-electron chi connectivity index (χ4n) is 1.35. The maximum absolute atomic E-state index is 5.86. The molecule has 84 valence electrons. The van der Waals surface area contributed by atoms with Gasteiger partial charge in [-0.2, -0.15) is 0 Å². The summed E-state index contributed by atoms with van der Waals surface area (Å²) in [7, 11) is 0. The third kappa shape index (κ3) is 4.21. The first-order chi connectivity index (χ1) is 6.70. The van der Waals surface area contributed by atoms with Gasteiger partial charge in [-0.25, -0.2) is 0 Å². The first-order valence-electron chi connectivity index (χ1n) is 5.08. The van der Waals surface area contributed by atoms with Crippen LogP contribution in [0, 0.1) is 0 Å². The van der Waals surface area contributed by atoms with E-state index in [-0.39, 0.29) is 11.7 Å². The molecular formula is C10H18ClIO2. The molecule has 0 aliphatic carbocycles. The Bertz CT molecular complexity index is 156. The molecule has 14 heavy (non-hydrogen) atoms. The van der Waals surface area contributed by atoms with E-state index in [2.05, 4.69) is 29.5 Å². The minimum absolute atomic E-state index is 0.192. The summed E-state index contributed by atoms with van der Waals surface area (Å²) in [5, 5.41) is 0. The molecule has 0 saturated carbocycles. The molecule has 1 fully saturated rings. The summed E-state index contributed by atoms with van der Waals surface area (Å²) >= 11 is 8.17. The lowest BCUT2D eigenvalue weighted by molar-refractivity contribution is -0.0823. The smallest absolute Gasteiger partial charge is 0.0879 e. The number of ether oxygens (including phenoxy) is 2. The lowest BCUT2D eigenvalue weighted by Crippen LogP contribution is -2.37. The molecule has 0 aromatic heterocycles. The predicted molar refractivity (Wildman–Crippen MR) is 67.6 cm³/mol. The number of halogens is 2. The van der Waals surface area contributed by atoms with E-state index in [9.17, 15) is 0 Å². The van der Waals surface area contributed by atoms with Gasteiger partial charge in [0.05, 0.1) is 24.2 Å². The van der Waals surface area contributed by atoms with Gasteiger partial charge in [-0.15, -0.1) is 11.6 Å². The number of rotatable bonds is 5. The lowest BCUT2D eigenvalue weighted by Gasteiger charge is -2.29. The van der Waals surface area contributed by atoms with Crippen LogP contribution in [-0.4, -0.2) is 35.2 Å². The van der Waals surface area contributed by atoms with Gasteiger partial charge in [0.1, 0.15) is 0 Å². The largest absolute Gasteiger partial charge is 0.376 e. The van der Waals surface area contributed by atoms with Crippen molar-refractivity contribution in [1.82, 2.24) is 0 Å². The number of hydrogen-bond donors (Lipinski definition) is 0. The number of hydrogen-bond acceptors (Lipinski definition) is 2. The minimum atomic E-state index is -0.192. The fourth-order valence-corrected chi connectivity index (χ4v) is 2.33. The van der Waals surface area contributed by atoms with Gasteiger partial charge in [0.25, 0.3) is 0 Å². The van der Waals surface area contributed by atoms with Crippen LogP contribution in [0.3, 0.4) is 0 Å². The summed E-state index contributed by atoms with van der Waals surface area (Å²) in [5.74, 6) is 0.544. The molecule has 2 unspecified atom stereocenters. The number of alkyl halides is 2.